The average molecular weight is 278 g/mol. The molecule has 2 rings (SSSR count). The summed E-state index contributed by atoms with van der Waals surface area (Å²) in [6.07, 6.45) is 1.57. The Morgan fingerprint density at radius 3 is 3.00 bits per heavy atom. The zero-order chi connectivity index (χ0) is 10.2. The topological polar surface area (TPSA) is 42.4 Å². The van der Waals surface area contributed by atoms with Gasteiger partial charge in [-0.25, -0.2) is 4.98 Å². The summed E-state index contributed by atoms with van der Waals surface area (Å²) >= 11 is 4.82. The van der Waals surface area contributed by atoms with Gasteiger partial charge in [-0.1, -0.05) is 0 Å². The van der Waals surface area contributed by atoms with E-state index in [9.17, 15) is 5.11 Å². The minimum absolute atomic E-state index is 0.207. The summed E-state index contributed by atoms with van der Waals surface area (Å²) in [5, 5.41) is 10.2. The fraction of sp³-hybridized carbons (Fsp3) is 0.667. The molecule has 1 aliphatic carbocycles. The maximum absolute atomic E-state index is 10.2. The Bertz CT molecular complexity index is 322. The summed E-state index contributed by atoms with van der Waals surface area (Å²) in [7, 11) is 0. The van der Waals surface area contributed by atoms with Crippen molar-refractivity contribution < 1.29 is 9.84 Å². The van der Waals surface area contributed by atoms with Gasteiger partial charge in [0.15, 0.2) is 0 Å². The van der Waals surface area contributed by atoms with Gasteiger partial charge < -0.3 is 9.84 Å². The highest BCUT2D eigenvalue weighted by molar-refractivity contribution is 9.10. The number of hydrogen-bond acceptors (Lipinski definition) is 4. The van der Waals surface area contributed by atoms with Gasteiger partial charge >= 0.3 is 0 Å². The number of ether oxygens (including phenoxy) is 1. The molecule has 78 valence electrons. The molecule has 3 nitrogen and oxygen atoms in total. The van der Waals surface area contributed by atoms with E-state index in [2.05, 4.69) is 20.9 Å². The molecule has 5 heteroatoms. The smallest absolute Gasteiger partial charge is 0.123 e. The van der Waals surface area contributed by atoms with E-state index in [1.165, 1.54) is 11.3 Å². The van der Waals surface area contributed by atoms with Crippen LogP contribution in [0.1, 0.15) is 24.6 Å². The molecule has 1 N–H and O–H groups in total. The largest absolute Gasteiger partial charge is 0.384 e. The molecule has 0 unspecified atom stereocenters. The Balaban J connectivity index is 2.04. The molecule has 1 aromatic heterocycles. The minimum atomic E-state index is -0.708. The Morgan fingerprint density at radius 1 is 1.79 bits per heavy atom. The summed E-state index contributed by atoms with van der Waals surface area (Å²) in [5.41, 5.74) is 1.03. The van der Waals surface area contributed by atoms with Crippen molar-refractivity contribution in [2.75, 3.05) is 6.61 Å². The Morgan fingerprint density at radius 2 is 2.50 bits per heavy atom. The Labute approximate surface area is 95.3 Å². The van der Waals surface area contributed by atoms with E-state index in [1.54, 1.807) is 5.51 Å². The van der Waals surface area contributed by atoms with Gasteiger partial charge in [-0.05, 0) is 22.9 Å². The van der Waals surface area contributed by atoms with Gasteiger partial charge in [0.1, 0.15) is 10.2 Å². The number of aromatic nitrogens is 1. The summed E-state index contributed by atoms with van der Waals surface area (Å²) in [6.45, 7) is 2.69. The van der Waals surface area contributed by atoms with Crippen LogP contribution < -0.4 is 0 Å². The number of thiazole rings is 1. The highest BCUT2D eigenvalue weighted by Gasteiger charge is 2.46. The lowest BCUT2D eigenvalue weighted by Gasteiger charge is -2.42. The molecular weight excluding hydrogens is 266 g/mol. The molecule has 0 amide bonds. The van der Waals surface area contributed by atoms with Gasteiger partial charge in [0.25, 0.3) is 0 Å². The molecule has 1 aromatic rings. The fourth-order valence-electron chi connectivity index (χ4n) is 1.77. The van der Waals surface area contributed by atoms with Gasteiger partial charge in [-0.2, -0.15) is 0 Å². The van der Waals surface area contributed by atoms with Crippen LogP contribution in [0.4, 0.5) is 0 Å². The number of nitrogens with zero attached hydrogens (tertiary/aromatic N) is 1. The quantitative estimate of drug-likeness (QED) is 0.922. The monoisotopic (exact) mass is 277 g/mol. The molecule has 0 radical (unpaired) electrons. The third-order valence-corrected chi connectivity index (χ3v) is 4.36. The van der Waals surface area contributed by atoms with Crippen LogP contribution in [0.25, 0.3) is 0 Å². The summed E-state index contributed by atoms with van der Waals surface area (Å²) in [6, 6.07) is 0. The molecule has 0 saturated heterocycles. The van der Waals surface area contributed by atoms with Gasteiger partial charge in [-0.15, -0.1) is 11.3 Å². The van der Waals surface area contributed by atoms with Crippen molar-refractivity contribution in [1.29, 1.82) is 0 Å². The molecule has 1 saturated carbocycles. The molecule has 0 spiro atoms. The number of hydrogen-bond donors (Lipinski definition) is 1. The highest BCUT2D eigenvalue weighted by Crippen LogP contribution is 2.46. The van der Waals surface area contributed by atoms with Crippen LogP contribution in [0.5, 0.6) is 0 Å². The van der Waals surface area contributed by atoms with E-state index in [1.807, 2.05) is 6.92 Å². The normalized spacial score (nSPS) is 31.5. The van der Waals surface area contributed by atoms with Crippen molar-refractivity contribution in [2.24, 2.45) is 0 Å². The summed E-state index contributed by atoms with van der Waals surface area (Å²) in [4.78, 5) is 4.99. The third-order valence-electron chi connectivity index (χ3n) is 2.48. The second kappa shape index (κ2) is 3.89. The molecule has 0 aromatic carbocycles. The Hall–Kier alpha value is 0.0300. The van der Waals surface area contributed by atoms with E-state index < -0.39 is 5.60 Å². The minimum Gasteiger partial charge on any atom is -0.384 e. The summed E-state index contributed by atoms with van der Waals surface area (Å²) < 4.78 is 6.18. The molecule has 1 fully saturated rings. The van der Waals surface area contributed by atoms with Crippen LogP contribution in [0.3, 0.4) is 0 Å². The highest BCUT2D eigenvalue weighted by atomic mass is 79.9. The Kier molecular flexibility index (Phi) is 2.93. The van der Waals surface area contributed by atoms with E-state index >= 15 is 0 Å². The maximum atomic E-state index is 10.2. The van der Waals surface area contributed by atoms with Crippen molar-refractivity contribution in [3.05, 3.63) is 15.0 Å². The van der Waals surface area contributed by atoms with Crippen LogP contribution in [-0.4, -0.2) is 22.8 Å². The number of rotatable bonds is 3. The lowest BCUT2D eigenvalue weighted by Crippen LogP contribution is -2.45. The SMILES string of the molecule is CCOC1CC(O)(c2scnc2Br)C1. The van der Waals surface area contributed by atoms with Crippen molar-refractivity contribution >= 4 is 27.3 Å². The van der Waals surface area contributed by atoms with Crippen LogP contribution in [0, 0.1) is 0 Å². The fourth-order valence-corrected chi connectivity index (χ4v) is 3.45. The first-order valence-electron chi connectivity index (χ1n) is 4.59. The van der Waals surface area contributed by atoms with Gasteiger partial charge in [0.05, 0.1) is 16.5 Å². The van der Waals surface area contributed by atoms with E-state index in [0.717, 1.165) is 9.48 Å². The predicted molar refractivity (Wildman–Crippen MR) is 58.4 cm³/mol. The van der Waals surface area contributed by atoms with Gasteiger partial charge in [-0.3, -0.25) is 0 Å². The summed E-state index contributed by atoms with van der Waals surface area (Å²) in [5.74, 6) is 0. The molecule has 0 bridgehead atoms. The molecule has 0 aliphatic heterocycles. The maximum Gasteiger partial charge on any atom is 0.123 e. The van der Waals surface area contributed by atoms with Crippen LogP contribution in [0.2, 0.25) is 0 Å². The van der Waals surface area contributed by atoms with E-state index in [4.69, 9.17) is 4.74 Å². The lowest BCUT2D eigenvalue weighted by molar-refractivity contribution is -0.141. The number of halogens is 1. The van der Waals surface area contributed by atoms with Crippen LogP contribution in [-0.2, 0) is 10.3 Å². The van der Waals surface area contributed by atoms with Gasteiger partial charge in [0.2, 0.25) is 0 Å². The van der Waals surface area contributed by atoms with E-state index in [-0.39, 0.29) is 6.10 Å². The first kappa shape index (κ1) is 10.5. The number of aliphatic hydroxyl groups is 1. The lowest BCUT2D eigenvalue weighted by atomic mass is 9.76. The second-order valence-corrected chi connectivity index (χ2v) is 5.10. The first-order valence-corrected chi connectivity index (χ1v) is 6.26. The molecule has 14 heavy (non-hydrogen) atoms. The molecular formula is C9H12BrNO2S. The van der Waals surface area contributed by atoms with Gasteiger partial charge in [0, 0.05) is 19.4 Å². The zero-order valence-corrected chi connectivity index (χ0v) is 10.3. The first-order chi connectivity index (χ1) is 6.65. The molecule has 0 atom stereocenters. The molecule has 1 heterocycles. The third kappa shape index (κ3) is 1.74. The van der Waals surface area contributed by atoms with Crippen LogP contribution >= 0.6 is 27.3 Å². The van der Waals surface area contributed by atoms with Crippen molar-refractivity contribution in [3.63, 3.8) is 0 Å². The average Bonchev–Trinajstić information content (AvgIpc) is 2.49. The van der Waals surface area contributed by atoms with Crippen molar-refractivity contribution in [1.82, 2.24) is 4.98 Å². The van der Waals surface area contributed by atoms with Crippen molar-refractivity contribution in [2.45, 2.75) is 31.5 Å². The molecule has 1 aliphatic rings. The zero-order valence-electron chi connectivity index (χ0n) is 7.86. The second-order valence-electron chi connectivity index (χ2n) is 3.49. The van der Waals surface area contributed by atoms with E-state index in [0.29, 0.717) is 19.4 Å². The standard InChI is InChI=1S/C9H12BrNO2S/c1-2-13-6-3-9(12,4-6)7-8(10)11-5-14-7/h5-6,12H,2-4H2,1H3. The van der Waals surface area contributed by atoms with Crippen molar-refractivity contribution in [3.8, 4) is 0 Å². The van der Waals surface area contributed by atoms with Crippen LogP contribution in [0.15, 0.2) is 10.1 Å². The predicted octanol–water partition coefficient (Wildman–Crippen LogP) is 2.29.